The lowest BCUT2D eigenvalue weighted by Crippen LogP contribution is -2.36. The van der Waals surface area contributed by atoms with Crippen LogP contribution in [0.4, 0.5) is 5.69 Å². The Bertz CT molecular complexity index is 490. The lowest BCUT2D eigenvalue weighted by molar-refractivity contribution is -0.127. The van der Waals surface area contributed by atoms with E-state index >= 15 is 0 Å². The molecule has 0 bridgehead atoms. The van der Waals surface area contributed by atoms with Crippen LogP contribution in [0.15, 0.2) is 24.3 Å². The summed E-state index contributed by atoms with van der Waals surface area (Å²) in [6.45, 7) is 1.14. The number of carbonyl (C=O) groups is 2. The molecular formula is C15H22ClN3O2. The van der Waals surface area contributed by atoms with Crippen LogP contribution in [0.1, 0.15) is 36.0 Å². The van der Waals surface area contributed by atoms with Crippen LogP contribution >= 0.6 is 12.4 Å². The van der Waals surface area contributed by atoms with Crippen molar-refractivity contribution in [2.45, 2.75) is 25.7 Å². The van der Waals surface area contributed by atoms with Crippen LogP contribution in [0.25, 0.3) is 0 Å². The number of amides is 2. The molecular weight excluding hydrogens is 290 g/mol. The average molecular weight is 312 g/mol. The highest BCUT2D eigenvalue weighted by Gasteiger charge is 2.24. The minimum Gasteiger partial charge on any atom is -0.399 e. The summed E-state index contributed by atoms with van der Waals surface area (Å²) in [6, 6.07) is 6.87. The maximum Gasteiger partial charge on any atom is 0.251 e. The number of nitrogen functional groups attached to an aromatic ring is 1. The molecule has 1 aliphatic rings. The van der Waals surface area contributed by atoms with Gasteiger partial charge in [0.25, 0.3) is 5.91 Å². The van der Waals surface area contributed by atoms with Crippen LogP contribution in [-0.4, -0.2) is 24.9 Å². The molecule has 1 aliphatic carbocycles. The molecule has 1 aromatic rings. The highest BCUT2D eigenvalue weighted by molar-refractivity contribution is 5.94. The summed E-state index contributed by atoms with van der Waals surface area (Å²) in [5.41, 5.74) is 6.76. The second-order valence-electron chi connectivity index (χ2n) is 5.15. The van der Waals surface area contributed by atoms with Gasteiger partial charge in [0.15, 0.2) is 0 Å². The van der Waals surface area contributed by atoms with E-state index in [4.69, 9.17) is 5.73 Å². The molecule has 1 aromatic carbocycles. The fourth-order valence-corrected chi connectivity index (χ4v) is 2.10. The van der Waals surface area contributed by atoms with Crippen LogP contribution in [0, 0.1) is 5.92 Å². The zero-order valence-corrected chi connectivity index (χ0v) is 12.7. The zero-order valence-electron chi connectivity index (χ0n) is 11.9. The molecule has 1 saturated carbocycles. The van der Waals surface area contributed by atoms with Gasteiger partial charge in [-0.3, -0.25) is 9.59 Å². The van der Waals surface area contributed by atoms with Gasteiger partial charge in [-0.05, 0) is 37.5 Å². The molecule has 4 N–H and O–H groups in total. The van der Waals surface area contributed by atoms with Crippen molar-refractivity contribution in [3.8, 4) is 0 Å². The Morgan fingerprint density at radius 1 is 1.19 bits per heavy atom. The van der Waals surface area contributed by atoms with Crippen LogP contribution in [0.3, 0.4) is 0 Å². The summed E-state index contributed by atoms with van der Waals surface area (Å²) < 4.78 is 0. The molecule has 0 radical (unpaired) electrons. The minimum atomic E-state index is -0.136. The molecule has 2 amide bonds. The number of rotatable bonds is 6. The van der Waals surface area contributed by atoms with Crippen molar-refractivity contribution in [2.24, 2.45) is 5.92 Å². The number of hydrogen-bond acceptors (Lipinski definition) is 3. The minimum absolute atomic E-state index is 0. The van der Waals surface area contributed by atoms with E-state index in [1.165, 1.54) is 0 Å². The van der Waals surface area contributed by atoms with Gasteiger partial charge in [0.05, 0.1) is 0 Å². The zero-order chi connectivity index (χ0) is 14.4. The van der Waals surface area contributed by atoms with Crippen molar-refractivity contribution >= 4 is 29.9 Å². The molecule has 2 rings (SSSR count). The maximum absolute atomic E-state index is 11.8. The van der Waals surface area contributed by atoms with Gasteiger partial charge < -0.3 is 16.4 Å². The van der Waals surface area contributed by atoms with E-state index in [2.05, 4.69) is 10.6 Å². The highest BCUT2D eigenvalue weighted by Crippen LogP contribution is 2.25. The summed E-state index contributed by atoms with van der Waals surface area (Å²) in [5, 5.41) is 5.71. The van der Waals surface area contributed by atoms with E-state index in [9.17, 15) is 9.59 Å². The van der Waals surface area contributed by atoms with Gasteiger partial charge in [-0.1, -0.05) is 12.5 Å². The van der Waals surface area contributed by atoms with Crippen molar-refractivity contribution < 1.29 is 9.59 Å². The van der Waals surface area contributed by atoms with Crippen LogP contribution in [-0.2, 0) is 4.79 Å². The Balaban J connectivity index is 0.00000220. The fourth-order valence-electron chi connectivity index (χ4n) is 2.10. The van der Waals surface area contributed by atoms with Gasteiger partial charge in [-0.25, -0.2) is 0 Å². The lowest BCUT2D eigenvalue weighted by Gasteiger charge is -2.23. The van der Waals surface area contributed by atoms with Gasteiger partial charge in [-0.2, -0.15) is 0 Å². The monoisotopic (exact) mass is 311 g/mol. The summed E-state index contributed by atoms with van der Waals surface area (Å²) in [4.78, 5) is 23.4. The van der Waals surface area contributed by atoms with Crippen molar-refractivity contribution in [3.05, 3.63) is 29.8 Å². The van der Waals surface area contributed by atoms with Crippen LogP contribution < -0.4 is 16.4 Å². The van der Waals surface area contributed by atoms with Gasteiger partial charge in [0.1, 0.15) is 0 Å². The van der Waals surface area contributed by atoms with E-state index in [-0.39, 0.29) is 30.1 Å². The van der Waals surface area contributed by atoms with Crippen LogP contribution in [0.2, 0.25) is 0 Å². The van der Waals surface area contributed by atoms with Crippen LogP contribution in [0.5, 0.6) is 0 Å². The number of halogens is 1. The number of nitrogens with one attached hydrogen (secondary N) is 2. The Labute approximate surface area is 131 Å². The maximum atomic E-state index is 11.8. The molecule has 0 aromatic heterocycles. The van der Waals surface area contributed by atoms with Gasteiger partial charge in [0.2, 0.25) is 5.91 Å². The molecule has 116 valence electrons. The SMILES string of the molecule is Cl.Nc1cccc(C(=O)NCCCNC(=O)C2CCC2)c1. The second-order valence-corrected chi connectivity index (χ2v) is 5.15. The number of anilines is 1. The normalized spacial score (nSPS) is 13.7. The first-order valence-corrected chi connectivity index (χ1v) is 7.08. The number of carbonyl (C=O) groups excluding carboxylic acids is 2. The van der Waals surface area contributed by atoms with Gasteiger partial charge >= 0.3 is 0 Å². The Kier molecular flexibility index (Phi) is 7.02. The van der Waals surface area contributed by atoms with Crippen molar-refractivity contribution in [2.75, 3.05) is 18.8 Å². The number of benzene rings is 1. The second kappa shape index (κ2) is 8.52. The molecule has 0 saturated heterocycles. The molecule has 0 spiro atoms. The van der Waals surface area contributed by atoms with E-state index in [0.29, 0.717) is 24.3 Å². The molecule has 0 atom stereocenters. The molecule has 6 heteroatoms. The predicted octanol–water partition coefficient (Wildman–Crippen LogP) is 1.73. The van der Waals surface area contributed by atoms with Crippen molar-refractivity contribution in [1.82, 2.24) is 10.6 Å². The largest absolute Gasteiger partial charge is 0.399 e. The first kappa shape index (κ1) is 17.3. The number of nitrogens with two attached hydrogens (primary N) is 1. The summed E-state index contributed by atoms with van der Waals surface area (Å²) in [5.74, 6) is 0.234. The highest BCUT2D eigenvalue weighted by atomic mass is 35.5. The van der Waals surface area contributed by atoms with E-state index in [1.807, 2.05) is 0 Å². The van der Waals surface area contributed by atoms with E-state index in [1.54, 1.807) is 24.3 Å². The topological polar surface area (TPSA) is 84.2 Å². The smallest absolute Gasteiger partial charge is 0.251 e. The Morgan fingerprint density at radius 3 is 2.52 bits per heavy atom. The third-order valence-electron chi connectivity index (χ3n) is 3.56. The molecule has 0 aliphatic heterocycles. The summed E-state index contributed by atoms with van der Waals surface area (Å²) in [7, 11) is 0. The summed E-state index contributed by atoms with van der Waals surface area (Å²) >= 11 is 0. The third-order valence-corrected chi connectivity index (χ3v) is 3.56. The standard InChI is InChI=1S/C15H21N3O2.ClH/c16-13-7-2-6-12(10-13)15(20)18-9-3-8-17-14(19)11-4-1-5-11;/h2,6-7,10-11H,1,3-5,8-9,16H2,(H,17,19)(H,18,20);1H. The quantitative estimate of drug-likeness (QED) is 0.552. The lowest BCUT2D eigenvalue weighted by atomic mass is 9.85. The summed E-state index contributed by atoms with van der Waals surface area (Å²) in [6.07, 6.45) is 3.91. The number of hydrogen-bond donors (Lipinski definition) is 3. The third kappa shape index (κ3) is 5.27. The Morgan fingerprint density at radius 2 is 1.90 bits per heavy atom. The molecule has 1 fully saturated rings. The Hall–Kier alpha value is -1.75. The first-order valence-electron chi connectivity index (χ1n) is 7.08. The molecule has 0 unspecified atom stereocenters. The molecule has 5 nitrogen and oxygen atoms in total. The van der Waals surface area contributed by atoms with Gasteiger partial charge in [-0.15, -0.1) is 12.4 Å². The van der Waals surface area contributed by atoms with Crippen molar-refractivity contribution in [1.29, 1.82) is 0 Å². The van der Waals surface area contributed by atoms with E-state index < -0.39 is 0 Å². The predicted molar refractivity (Wildman–Crippen MR) is 85.4 cm³/mol. The first-order chi connectivity index (χ1) is 9.66. The average Bonchev–Trinajstić information content (AvgIpc) is 2.36. The van der Waals surface area contributed by atoms with Crippen molar-refractivity contribution in [3.63, 3.8) is 0 Å². The molecule has 0 heterocycles. The van der Waals surface area contributed by atoms with E-state index in [0.717, 1.165) is 25.7 Å². The van der Waals surface area contributed by atoms with Gasteiger partial charge in [0, 0.05) is 30.3 Å². The molecule has 21 heavy (non-hydrogen) atoms. The fraction of sp³-hybridized carbons (Fsp3) is 0.467.